The maximum Gasteiger partial charge on any atom is 0.168 e. The van der Waals surface area contributed by atoms with Gasteiger partial charge >= 0.3 is 0 Å². The van der Waals surface area contributed by atoms with Crippen molar-refractivity contribution in [2.75, 3.05) is 33.9 Å². The molecule has 4 nitrogen and oxygen atoms in total. The molecule has 0 saturated heterocycles. The Morgan fingerprint density at radius 3 is 2.37 bits per heavy atom. The lowest BCUT2D eigenvalue weighted by atomic mass is 10.1. The van der Waals surface area contributed by atoms with Gasteiger partial charge in [-0.3, -0.25) is 4.79 Å². The second kappa shape index (κ2) is 7.79. The summed E-state index contributed by atoms with van der Waals surface area (Å²) in [6.07, 6.45) is 0.491. The van der Waals surface area contributed by atoms with Crippen LogP contribution in [0.3, 0.4) is 0 Å². The van der Waals surface area contributed by atoms with E-state index >= 15 is 0 Å². The van der Waals surface area contributed by atoms with Crippen molar-refractivity contribution in [1.29, 1.82) is 0 Å². The molecule has 0 saturated carbocycles. The highest BCUT2D eigenvalue weighted by Crippen LogP contribution is 2.25. The fourth-order valence-corrected chi connectivity index (χ4v) is 1.97. The summed E-state index contributed by atoms with van der Waals surface area (Å²) in [7, 11) is 3.16. The van der Waals surface area contributed by atoms with Crippen molar-refractivity contribution in [3.63, 3.8) is 0 Å². The van der Waals surface area contributed by atoms with E-state index in [1.165, 1.54) is 0 Å². The van der Waals surface area contributed by atoms with Crippen LogP contribution in [-0.4, -0.2) is 44.5 Å². The van der Waals surface area contributed by atoms with Gasteiger partial charge in [0.25, 0.3) is 0 Å². The van der Waals surface area contributed by atoms with Gasteiger partial charge in [0.2, 0.25) is 0 Å². The molecule has 0 aliphatic carbocycles. The summed E-state index contributed by atoms with van der Waals surface area (Å²) >= 11 is 0. The van der Waals surface area contributed by atoms with E-state index in [1.807, 2.05) is 0 Å². The zero-order chi connectivity index (χ0) is 14.3. The standard InChI is InChI=1S/C15H23NO3/c1-5-16(6-2)10-9-14(17)13-11-12(18-3)7-8-15(13)19-4/h7-8,11H,5-6,9-10H2,1-4H3. The number of methoxy groups -OCH3 is 2. The van der Waals surface area contributed by atoms with E-state index in [2.05, 4.69) is 18.7 Å². The summed E-state index contributed by atoms with van der Waals surface area (Å²) in [6, 6.07) is 5.30. The van der Waals surface area contributed by atoms with Gasteiger partial charge in [0.05, 0.1) is 19.8 Å². The molecule has 4 heteroatoms. The summed E-state index contributed by atoms with van der Waals surface area (Å²) in [5.41, 5.74) is 0.592. The highest BCUT2D eigenvalue weighted by Gasteiger charge is 2.14. The molecule has 0 fully saturated rings. The molecule has 19 heavy (non-hydrogen) atoms. The third-order valence-corrected chi connectivity index (χ3v) is 3.26. The minimum Gasteiger partial charge on any atom is -0.497 e. The average Bonchev–Trinajstić information content (AvgIpc) is 2.47. The number of Topliss-reactive ketones (excluding diaryl/α,β-unsaturated/α-hetero) is 1. The van der Waals surface area contributed by atoms with E-state index in [0.717, 1.165) is 19.6 Å². The summed E-state index contributed by atoms with van der Waals surface area (Å²) in [6.45, 7) is 6.88. The van der Waals surface area contributed by atoms with Crippen LogP contribution in [-0.2, 0) is 0 Å². The Morgan fingerprint density at radius 1 is 1.16 bits per heavy atom. The van der Waals surface area contributed by atoms with Gasteiger partial charge in [0.15, 0.2) is 5.78 Å². The molecule has 0 atom stereocenters. The Balaban J connectivity index is 2.80. The van der Waals surface area contributed by atoms with Crippen LogP contribution in [0.25, 0.3) is 0 Å². The molecule has 0 N–H and O–H groups in total. The number of benzene rings is 1. The van der Waals surface area contributed by atoms with Crippen molar-refractivity contribution in [3.05, 3.63) is 23.8 Å². The van der Waals surface area contributed by atoms with Crippen LogP contribution < -0.4 is 9.47 Å². The van der Waals surface area contributed by atoms with Crippen molar-refractivity contribution in [1.82, 2.24) is 4.90 Å². The number of ketones is 1. The minimum absolute atomic E-state index is 0.0858. The zero-order valence-electron chi connectivity index (χ0n) is 12.2. The topological polar surface area (TPSA) is 38.8 Å². The van der Waals surface area contributed by atoms with Gasteiger partial charge in [-0.25, -0.2) is 0 Å². The summed E-state index contributed by atoms with van der Waals surface area (Å²) in [5.74, 6) is 1.36. The largest absolute Gasteiger partial charge is 0.497 e. The number of hydrogen-bond acceptors (Lipinski definition) is 4. The zero-order valence-corrected chi connectivity index (χ0v) is 12.2. The smallest absolute Gasteiger partial charge is 0.168 e. The maximum atomic E-state index is 12.3. The normalized spacial score (nSPS) is 10.6. The molecule has 0 heterocycles. The van der Waals surface area contributed by atoms with Crippen LogP contribution in [0, 0.1) is 0 Å². The van der Waals surface area contributed by atoms with Crippen molar-refractivity contribution >= 4 is 5.78 Å². The number of carbonyl (C=O) groups is 1. The highest BCUT2D eigenvalue weighted by molar-refractivity contribution is 5.99. The predicted molar refractivity (Wildman–Crippen MR) is 76.3 cm³/mol. The van der Waals surface area contributed by atoms with Crippen LogP contribution in [0.15, 0.2) is 18.2 Å². The summed E-state index contributed by atoms with van der Waals surface area (Å²) in [4.78, 5) is 14.5. The first-order valence-corrected chi connectivity index (χ1v) is 6.63. The Morgan fingerprint density at radius 2 is 1.84 bits per heavy atom. The van der Waals surface area contributed by atoms with Crippen LogP contribution in [0.1, 0.15) is 30.6 Å². The van der Waals surface area contributed by atoms with E-state index in [1.54, 1.807) is 32.4 Å². The number of carbonyl (C=O) groups excluding carboxylic acids is 1. The fraction of sp³-hybridized carbons (Fsp3) is 0.533. The van der Waals surface area contributed by atoms with Gasteiger partial charge < -0.3 is 14.4 Å². The van der Waals surface area contributed by atoms with Crippen LogP contribution in [0.2, 0.25) is 0 Å². The summed E-state index contributed by atoms with van der Waals surface area (Å²) in [5, 5.41) is 0. The molecule has 0 aromatic heterocycles. The molecule has 0 unspecified atom stereocenters. The molecule has 0 radical (unpaired) electrons. The number of rotatable bonds is 8. The monoisotopic (exact) mass is 265 g/mol. The van der Waals surface area contributed by atoms with E-state index in [0.29, 0.717) is 23.5 Å². The van der Waals surface area contributed by atoms with E-state index in [4.69, 9.17) is 9.47 Å². The van der Waals surface area contributed by atoms with Crippen LogP contribution >= 0.6 is 0 Å². The molecule has 0 bridgehead atoms. The van der Waals surface area contributed by atoms with Crippen LogP contribution in [0.4, 0.5) is 0 Å². The molecule has 0 aliphatic rings. The average molecular weight is 265 g/mol. The first-order valence-electron chi connectivity index (χ1n) is 6.63. The number of hydrogen-bond donors (Lipinski definition) is 0. The predicted octanol–water partition coefficient (Wildman–Crippen LogP) is 2.62. The molecular weight excluding hydrogens is 242 g/mol. The molecule has 0 spiro atoms. The molecule has 1 rings (SSSR count). The molecule has 1 aromatic rings. The van der Waals surface area contributed by atoms with Crippen molar-refractivity contribution in [2.24, 2.45) is 0 Å². The van der Waals surface area contributed by atoms with Gasteiger partial charge in [-0.15, -0.1) is 0 Å². The lowest BCUT2D eigenvalue weighted by Crippen LogP contribution is -2.25. The van der Waals surface area contributed by atoms with Crippen LogP contribution in [0.5, 0.6) is 11.5 Å². The lowest BCUT2D eigenvalue weighted by molar-refractivity contribution is 0.0963. The summed E-state index contributed by atoms with van der Waals surface area (Å²) < 4.78 is 10.4. The quantitative estimate of drug-likeness (QED) is 0.677. The third kappa shape index (κ3) is 4.24. The van der Waals surface area contributed by atoms with E-state index in [-0.39, 0.29) is 5.78 Å². The third-order valence-electron chi connectivity index (χ3n) is 3.26. The first-order chi connectivity index (χ1) is 9.15. The molecular formula is C15H23NO3. The second-order valence-corrected chi connectivity index (χ2v) is 4.27. The highest BCUT2D eigenvalue weighted by atomic mass is 16.5. The molecule has 106 valence electrons. The Bertz CT molecular complexity index is 414. The van der Waals surface area contributed by atoms with E-state index < -0.39 is 0 Å². The second-order valence-electron chi connectivity index (χ2n) is 4.27. The Kier molecular flexibility index (Phi) is 6.36. The van der Waals surface area contributed by atoms with Gasteiger partial charge in [-0.1, -0.05) is 13.8 Å². The van der Waals surface area contributed by atoms with Gasteiger partial charge in [0, 0.05) is 13.0 Å². The molecule has 0 amide bonds. The molecule has 1 aromatic carbocycles. The fourth-order valence-electron chi connectivity index (χ4n) is 1.97. The Hall–Kier alpha value is -1.55. The Labute approximate surface area is 115 Å². The number of nitrogens with zero attached hydrogens (tertiary/aromatic N) is 1. The van der Waals surface area contributed by atoms with E-state index in [9.17, 15) is 4.79 Å². The first kappa shape index (κ1) is 15.5. The minimum atomic E-state index is 0.0858. The van der Waals surface area contributed by atoms with Gasteiger partial charge in [-0.05, 0) is 31.3 Å². The van der Waals surface area contributed by atoms with Gasteiger partial charge in [0.1, 0.15) is 11.5 Å². The SMILES string of the molecule is CCN(CC)CCC(=O)c1cc(OC)ccc1OC. The van der Waals surface area contributed by atoms with Crippen molar-refractivity contribution in [3.8, 4) is 11.5 Å². The van der Waals surface area contributed by atoms with Crippen molar-refractivity contribution < 1.29 is 14.3 Å². The maximum absolute atomic E-state index is 12.3. The lowest BCUT2D eigenvalue weighted by Gasteiger charge is -2.17. The van der Waals surface area contributed by atoms with Crippen molar-refractivity contribution in [2.45, 2.75) is 20.3 Å². The molecule has 0 aliphatic heterocycles. The number of ether oxygens (including phenoxy) is 2. The van der Waals surface area contributed by atoms with Gasteiger partial charge in [-0.2, -0.15) is 0 Å².